The molecule has 1 saturated carbocycles. The van der Waals surface area contributed by atoms with E-state index < -0.39 is 0 Å². The number of nitrogens with zero attached hydrogens (tertiary/aromatic N) is 2. The van der Waals surface area contributed by atoms with E-state index in [0.717, 1.165) is 36.1 Å². The zero-order valence-corrected chi connectivity index (χ0v) is 20.1. The molecule has 0 N–H and O–H groups in total. The average molecular weight is 421 g/mol. The topological polar surface area (TPSA) is 25.8 Å². The second-order valence-electron chi connectivity index (χ2n) is 9.80. The maximum absolute atomic E-state index is 4.63. The van der Waals surface area contributed by atoms with Crippen LogP contribution >= 0.6 is 0 Å². The smallest absolute Gasteiger partial charge is 0.159 e. The lowest BCUT2D eigenvalue weighted by molar-refractivity contribution is 0.248. The molecule has 3 rings (SSSR count). The largest absolute Gasteiger partial charge is 0.236 e. The Labute approximate surface area is 191 Å². The summed E-state index contributed by atoms with van der Waals surface area (Å²) >= 11 is 0. The summed E-state index contributed by atoms with van der Waals surface area (Å²) in [5, 5.41) is 0. The minimum absolute atomic E-state index is 0.845. The van der Waals surface area contributed by atoms with E-state index in [1.165, 1.54) is 94.6 Å². The molecule has 0 aliphatic heterocycles. The number of rotatable bonds is 13. The van der Waals surface area contributed by atoms with E-state index in [-0.39, 0.29) is 0 Å². The maximum Gasteiger partial charge on any atom is 0.159 e. The lowest BCUT2D eigenvalue weighted by Crippen LogP contribution is -2.15. The van der Waals surface area contributed by atoms with Gasteiger partial charge in [-0.25, -0.2) is 9.97 Å². The van der Waals surface area contributed by atoms with Crippen LogP contribution in [-0.2, 0) is 12.8 Å². The Morgan fingerprint density at radius 3 is 1.87 bits per heavy atom. The molecule has 0 radical (unpaired) electrons. The molecule has 0 spiro atoms. The van der Waals surface area contributed by atoms with Crippen LogP contribution in [0.1, 0.15) is 108 Å². The van der Waals surface area contributed by atoms with E-state index in [9.17, 15) is 0 Å². The number of hydrogen-bond donors (Lipinski definition) is 0. The van der Waals surface area contributed by atoms with Crippen molar-refractivity contribution in [1.82, 2.24) is 9.97 Å². The fourth-order valence-corrected chi connectivity index (χ4v) is 5.09. The first-order valence-corrected chi connectivity index (χ1v) is 13.2. The molecule has 1 aromatic carbocycles. The van der Waals surface area contributed by atoms with Crippen LogP contribution < -0.4 is 0 Å². The first-order valence-electron chi connectivity index (χ1n) is 13.2. The fourth-order valence-electron chi connectivity index (χ4n) is 5.09. The van der Waals surface area contributed by atoms with E-state index in [2.05, 4.69) is 48.1 Å². The van der Waals surface area contributed by atoms with Crippen LogP contribution in [0.5, 0.6) is 0 Å². The van der Waals surface area contributed by atoms with E-state index in [1.807, 2.05) is 12.4 Å². The monoisotopic (exact) mass is 420 g/mol. The molecule has 1 fully saturated rings. The molecule has 1 aromatic heterocycles. The Balaban J connectivity index is 1.30. The van der Waals surface area contributed by atoms with E-state index in [4.69, 9.17) is 0 Å². The molecule has 0 unspecified atom stereocenters. The summed E-state index contributed by atoms with van der Waals surface area (Å²) in [4.78, 5) is 9.27. The second kappa shape index (κ2) is 13.7. The summed E-state index contributed by atoms with van der Waals surface area (Å²) in [6, 6.07) is 8.63. The zero-order valence-electron chi connectivity index (χ0n) is 20.1. The minimum Gasteiger partial charge on any atom is -0.236 e. The van der Waals surface area contributed by atoms with Crippen LogP contribution in [0.15, 0.2) is 36.7 Å². The van der Waals surface area contributed by atoms with Gasteiger partial charge in [0.2, 0.25) is 0 Å². The quantitative estimate of drug-likeness (QED) is 0.303. The molecule has 0 amide bonds. The van der Waals surface area contributed by atoms with Crippen LogP contribution in [0, 0.1) is 11.8 Å². The molecule has 2 aromatic rings. The molecule has 2 heteroatoms. The Morgan fingerprint density at radius 2 is 1.26 bits per heavy atom. The third-order valence-electron chi connectivity index (χ3n) is 7.35. The average Bonchev–Trinajstić information content (AvgIpc) is 2.83. The summed E-state index contributed by atoms with van der Waals surface area (Å²) in [6.45, 7) is 4.48. The lowest BCUT2D eigenvalue weighted by atomic mass is 9.78. The van der Waals surface area contributed by atoms with Crippen LogP contribution in [0.25, 0.3) is 11.4 Å². The molecule has 0 saturated heterocycles. The Kier molecular flexibility index (Phi) is 10.6. The van der Waals surface area contributed by atoms with E-state index in [0.29, 0.717) is 0 Å². The number of benzene rings is 1. The second-order valence-corrected chi connectivity index (χ2v) is 9.80. The first kappa shape index (κ1) is 24.0. The summed E-state index contributed by atoms with van der Waals surface area (Å²) in [5.41, 5.74) is 3.76. The minimum atomic E-state index is 0.845. The Bertz CT molecular complexity index is 711. The highest BCUT2D eigenvalue weighted by Crippen LogP contribution is 2.34. The predicted octanol–water partition coefficient (Wildman–Crippen LogP) is 8.59. The van der Waals surface area contributed by atoms with Gasteiger partial charge in [0.25, 0.3) is 0 Å². The molecule has 31 heavy (non-hydrogen) atoms. The van der Waals surface area contributed by atoms with Gasteiger partial charge in [-0.15, -0.1) is 0 Å². The highest BCUT2D eigenvalue weighted by atomic mass is 14.9. The molecule has 170 valence electrons. The number of aromatic nitrogens is 2. The summed E-state index contributed by atoms with van der Waals surface area (Å²) in [7, 11) is 0. The fraction of sp³-hybridized carbons (Fsp3) is 0.655. The van der Waals surface area contributed by atoms with Gasteiger partial charge in [-0.1, -0.05) is 115 Å². The number of aryl methyl sites for hydroxylation is 2. The maximum atomic E-state index is 4.63. The van der Waals surface area contributed by atoms with Crippen molar-refractivity contribution in [2.24, 2.45) is 11.8 Å². The van der Waals surface area contributed by atoms with Crippen LogP contribution in [-0.4, -0.2) is 9.97 Å². The molecular weight excluding hydrogens is 376 g/mol. The summed E-state index contributed by atoms with van der Waals surface area (Å²) < 4.78 is 0. The molecule has 1 heterocycles. The van der Waals surface area contributed by atoms with Gasteiger partial charge in [0.05, 0.1) is 0 Å². The highest BCUT2D eigenvalue weighted by Gasteiger charge is 2.20. The van der Waals surface area contributed by atoms with Crippen molar-refractivity contribution in [1.29, 1.82) is 0 Å². The first-order chi connectivity index (χ1) is 15.3. The third kappa shape index (κ3) is 8.39. The molecule has 0 bridgehead atoms. The van der Waals surface area contributed by atoms with Crippen LogP contribution in [0.3, 0.4) is 0 Å². The molecule has 1 aliphatic rings. The third-order valence-corrected chi connectivity index (χ3v) is 7.35. The predicted molar refractivity (Wildman–Crippen MR) is 133 cm³/mol. The zero-order chi connectivity index (χ0) is 21.7. The van der Waals surface area contributed by atoms with E-state index in [1.54, 1.807) is 0 Å². The molecule has 0 atom stereocenters. The SMILES string of the molecule is CCCCCCCCC[C@H]1CC[C@H](CCc2cnc(-c3ccc(CC)cc3)nc2)CC1. The summed E-state index contributed by atoms with van der Waals surface area (Å²) in [6.07, 6.45) is 24.9. The number of unbranched alkanes of at least 4 members (excludes halogenated alkanes) is 6. The summed E-state index contributed by atoms with van der Waals surface area (Å²) in [5.74, 6) is 2.76. The van der Waals surface area contributed by atoms with Gasteiger partial charge < -0.3 is 0 Å². The van der Waals surface area contributed by atoms with E-state index >= 15 is 0 Å². The molecule has 1 aliphatic carbocycles. The Hall–Kier alpha value is -1.70. The highest BCUT2D eigenvalue weighted by molar-refractivity contribution is 5.55. The van der Waals surface area contributed by atoms with Gasteiger partial charge in [0.15, 0.2) is 5.82 Å². The van der Waals surface area contributed by atoms with Crippen LogP contribution in [0.2, 0.25) is 0 Å². The molecule has 2 nitrogen and oxygen atoms in total. The van der Waals surface area contributed by atoms with Gasteiger partial charge in [-0.3, -0.25) is 0 Å². The van der Waals surface area contributed by atoms with Gasteiger partial charge in [0, 0.05) is 18.0 Å². The van der Waals surface area contributed by atoms with Gasteiger partial charge >= 0.3 is 0 Å². The van der Waals surface area contributed by atoms with Crippen molar-refractivity contribution in [3.63, 3.8) is 0 Å². The van der Waals surface area contributed by atoms with Crippen LogP contribution in [0.4, 0.5) is 0 Å². The van der Waals surface area contributed by atoms with Crippen molar-refractivity contribution in [2.75, 3.05) is 0 Å². The van der Waals surface area contributed by atoms with Crippen molar-refractivity contribution < 1.29 is 0 Å². The van der Waals surface area contributed by atoms with Crippen molar-refractivity contribution in [2.45, 2.75) is 110 Å². The normalized spacial score (nSPS) is 18.9. The Morgan fingerprint density at radius 1 is 0.677 bits per heavy atom. The van der Waals surface area contributed by atoms with Gasteiger partial charge in [0.1, 0.15) is 0 Å². The van der Waals surface area contributed by atoms with Gasteiger partial charge in [-0.05, 0) is 42.2 Å². The molecular formula is C29H44N2. The van der Waals surface area contributed by atoms with Crippen molar-refractivity contribution >= 4 is 0 Å². The standard InChI is InChI=1S/C29H44N2/c1-3-5-6-7-8-9-10-11-25-12-14-26(15-13-25)16-17-27-22-30-29(31-23-27)28-20-18-24(4-2)19-21-28/h18-23,25-26H,3-17H2,1-2H3/t25-,26-. The lowest BCUT2D eigenvalue weighted by Gasteiger charge is -2.28. The van der Waals surface area contributed by atoms with Gasteiger partial charge in [-0.2, -0.15) is 0 Å². The van der Waals surface area contributed by atoms with Crippen molar-refractivity contribution in [3.05, 3.63) is 47.8 Å². The number of hydrogen-bond acceptors (Lipinski definition) is 2. The van der Waals surface area contributed by atoms with Crippen molar-refractivity contribution in [3.8, 4) is 11.4 Å².